The van der Waals surface area contributed by atoms with Crippen LogP contribution in [0, 0.1) is 23.2 Å². The number of rotatable bonds is 1. The van der Waals surface area contributed by atoms with Crippen LogP contribution in [0.15, 0.2) is 24.3 Å². The summed E-state index contributed by atoms with van der Waals surface area (Å²) in [7, 11) is 0. The Morgan fingerprint density at radius 2 is 1.83 bits per heavy atom. The van der Waals surface area contributed by atoms with Gasteiger partial charge in [0.1, 0.15) is 0 Å². The quantitative estimate of drug-likeness (QED) is 0.793. The molecule has 0 aromatic heterocycles. The number of fused-ring (bicyclic) bond motifs is 1. The molecule has 2 aliphatic rings. The predicted octanol–water partition coefficient (Wildman–Crippen LogP) is 0.850. The lowest BCUT2D eigenvalue weighted by Gasteiger charge is -2.17. The average Bonchev–Trinajstić information content (AvgIpc) is 2.99. The minimum Gasteiger partial charge on any atom is -0.338 e. The van der Waals surface area contributed by atoms with E-state index in [0.717, 1.165) is 26.2 Å². The summed E-state index contributed by atoms with van der Waals surface area (Å²) in [5, 5.41) is 12.1. The number of nitrogens with one attached hydrogen (secondary N) is 1. The Bertz CT molecular complexity index is 491. The van der Waals surface area contributed by atoms with Gasteiger partial charge in [0.2, 0.25) is 0 Å². The maximum Gasteiger partial charge on any atom is 0.253 e. The van der Waals surface area contributed by atoms with Crippen molar-refractivity contribution >= 4 is 5.91 Å². The highest BCUT2D eigenvalue weighted by atomic mass is 16.2. The van der Waals surface area contributed by atoms with Crippen molar-refractivity contribution < 1.29 is 4.79 Å². The zero-order valence-corrected chi connectivity index (χ0v) is 10.1. The Balaban J connectivity index is 1.73. The van der Waals surface area contributed by atoms with Crippen molar-refractivity contribution in [2.24, 2.45) is 11.8 Å². The normalized spacial score (nSPS) is 25.8. The molecule has 1 aromatic rings. The molecule has 0 bridgehead atoms. The van der Waals surface area contributed by atoms with Crippen molar-refractivity contribution in [2.75, 3.05) is 26.2 Å². The molecular weight excluding hydrogens is 226 g/mol. The molecule has 2 fully saturated rings. The van der Waals surface area contributed by atoms with Crippen LogP contribution < -0.4 is 5.32 Å². The zero-order valence-electron chi connectivity index (χ0n) is 10.1. The summed E-state index contributed by atoms with van der Waals surface area (Å²) in [6.07, 6.45) is 0. The molecule has 4 heteroatoms. The molecule has 2 atom stereocenters. The van der Waals surface area contributed by atoms with Gasteiger partial charge in [0.25, 0.3) is 5.91 Å². The maximum absolute atomic E-state index is 12.3. The highest BCUT2D eigenvalue weighted by Crippen LogP contribution is 2.27. The second kappa shape index (κ2) is 4.43. The number of amides is 1. The van der Waals surface area contributed by atoms with E-state index in [1.54, 1.807) is 24.3 Å². The fraction of sp³-hybridized carbons (Fsp3) is 0.429. The van der Waals surface area contributed by atoms with E-state index >= 15 is 0 Å². The Labute approximate surface area is 106 Å². The molecule has 0 aliphatic carbocycles. The summed E-state index contributed by atoms with van der Waals surface area (Å²) in [5.41, 5.74) is 1.27. The summed E-state index contributed by atoms with van der Waals surface area (Å²) in [5.74, 6) is 1.33. The molecule has 2 heterocycles. The van der Waals surface area contributed by atoms with E-state index in [4.69, 9.17) is 5.26 Å². The van der Waals surface area contributed by atoms with Crippen molar-refractivity contribution in [2.45, 2.75) is 0 Å². The van der Waals surface area contributed by atoms with E-state index in [1.807, 2.05) is 4.90 Å². The van der Waals surface area contributed by atoms with Crippen LogP contribution in [0.1, 0.15) is 15.9 Å². The summed E-state index contributed by atoms with van der Waals surface area (Å²) in [6, 6.07) is 8.95. The molecule has 18 heavy (non-hydrogen) atoms. The van der Waals surface area contributed by atoms with Gasteiger partial charge in [-0.1, -0.05) is 0 Å². The van der Waals surface area contributed by atoms with E-state index in [-0.39, 0.29) is 5.91 Å². The van der Waals surface area contributed by atoms with Gasteiger partial charge in [-0.15, -0.1) is 0 Å². The van der Waals surface area contributed by atoms with Crippen LogP contribution in [-0.4, -0.2) is 37.0 Å². The smallest absolute Gasteiger partial charge is 0.253 e. The molecule has 1 aromatic carbocycles. The topological polar surface area (TPSA) is 56.1 Å². The molecule has 2 saturated heterocycles. The summed E-state index contributed by atoms with van der Waals surface area (Å²) in [4.78, 5) is 14.2. The van der Waals surface area contributed by atoms with Crippen molar-refractivity contribution in [3.05, 3.63) is 35.4 Å². The van der Waals surface area contributed by atoms with Crippen LogP contribution in [0.4, 0.5) is 0 Å². The molecule has 1 amide bonds. The van der Waals surface area contributed by atoms with E-state index in [1.165, 1.54) is 0 Å². The second-order valence-electron chi connectivity index (χ2n) is 5.08. The van der Waals surface area contributed by atoms with Crippen LogP contribution in [0.5, 0.6) is 0 Å². The van der Waals surface area contributed by atoms with Gasteiger partial charge in [0.05, 0.1) is 11.6 Å². The Hall–Kier alpha value is -1.86. The van der Waals surface area contributed by atoms with Crippen molar-refractivity contribution in [1.29, 1.82) is 5.26 Å². The van der Waals surface area contributed by atoms with Crippen LogP contribution in [0.25, 0.3) is 0 Å². The maximum atomic E-state index is 12.3. The number of carbonyl (C=O) groups excluding carboxylic acids is 1. The molecule has 0 spiro atoms. The predicted molar refractivity (Wildman–Crippen MR) is 66.9 cm³/mol. The third-order valence-electron chi connectivity index (χ3n) is 3.94. The first-order valence-electron chi connectivity index (χ1n) is 6.28. The zero-order chi connectivity index (χ0) is 12.5. The summed E-state index contributed by atoms with van der Waals surface area (Å²) < 4.78 is 0. The van der Waals surface area contributed by atoms with E-state index in [0.29, 0.717) is 23.0 Å². The standard InChI is InChI=1S/C14H15N3O/c15-5-10-1-3-11(4-2-10)14(18)17-8-12-6-16-7-13(12)9-17/h1-4,12-13,16H,6-9H2. The van der Waals surface area contributed by atoms with Gasteiger partial charge in [-0.25, -0.2) is 0 Å². The Morgan fingerprint density at radius 3 is 2.39 bits per heavy atom. The van der Waals surface area contributed by atoms with E-state index in [9.17, 15) is 4.79 Å². The number of nitriles is 1. The van der Waals surface area contributed by atoms with Gasteiger partial charge in [-0.2, -0.15) is 5.26 Å². The van der Waals surface area contributed by atoms with Crippen molar-refractivity contribution in [3.63, 3.8) is 0 Å². The summed E-state index contributed by atoms with van der Waals surface area (Å²) >= 11 is 0. The van der Waals surface area contributed by atoms with Crippen LogP contribution in [0.2, 0.25) is 0 Å². The van der Waals surface area contributed by atoms with Crippen LogP contribution >= 0.6 is 0 Å². The fourth-order valence-electron chi connectivity index (χ4n) is 2.89. The van der Waals surface area contributed by atoms with Gasteiger partial charge in [0, 0.05) is 31.7 Å². The van der Waals surface area contributed by atoms with Gasteiger partial charge in [-0.3, -0.25) is 4.79 Å². The third-order valence-corrected chi connectivity index (χ3v) is 3.94. The highest BCUT2D eigenvalue weighted by molar-refractivity contribution is 5.94. The Morgan fingerprint density at radius 1 is 1.22 bits per heavy atom. The van der Waals surface area contributed by atoms with E-state index in [2.05, 4.69) is 11.4 Å². The lowest BCUT2D eigenvalue weighted by atomic mass is 10.0. The number of nitrogens with zero attached hydrogens (tertiary/aromatic N) is 2. The van der Waals surface area contributed by atoms with Gasteiger partial charge in [-0.05, 0) is 36.1 Å². The highest BCUT2D eigenvalue weighted by Gasteiger charge is 2.38. The molecule has 3 rings (SSSR count). The number of hydrogen-bond acceptors (Lipinski definition) is 3. The van der Waals surface area contributed by atoms with Gasteiger partial charge in [0.15, 0.2) is 0 Å². The molecule has 2 aliphatic heterocycles. The number of benzene rings is 1. The lowest BCUT2D eigenvalue weighted by Crippen LogP contribution is -2.31. The van der Waals surface area contributed by atoms with Crippen molar-refractivity contribution in [1.82, 2.24) is 10.2 Å². The first-order chi connectivity index (χ1) is 8.78. The van der Waals surface area contributed by atoms with Crippen LogP contribution in [-0.2, 0) is 0 Å². The second-order valence-corrected chi connectivity index (χ2v) is 5.08. The van der Waals surface area contributed by atoms with Gasteiger partial charge < -0.3 is 10.2 Å². The molecule has 0 saturated carbocycles. The monoisotopic (exact) mass is 241 g/mol. The molecule has 2 unspecified atom stereocenters. The van der Waals surface area contributed by atoms with E-state index < -0.39 is 0 Å². The minimum absolute atomic E-state index is 0.0916. The number of likely N-dealkylation sites (tertiary alicyclic amines) is 1. The fourth-order valence-corrected chi connectivity index (χ4v) is 2.89. The number of carbonyl (C=O) groups is 1. The molecule has 92 valence electrons. The lowest BCUT2D eigenvalue weighted by molar-refractivity contribution is 0.0781. The SMILES string of the molecule is N#Cc1ccc(C(=O)N2CC3CNCC3C2)cc1. The van der Waals surface area contributed by atoms with Crippen molar-refractivity contribution in [3.8, 4) is 6.07 Å². The summed E-state index contributed by atoms with van der Waals surface area (Å²) in [6.45, 7) is 3.77. The first-order valence-corrected chi connectivity index (χ1v) is 6.28. The number of hydrogen-bond donors (Lipinski definition) is 1. The molecule has 4 nitrogen and oxygen atoms in total. The largest absolute Gasteiger partial charge is 0.338 e. The molecule has 1 N–H and O–H groups in total. The van der Waals surface area contributed by atoms with Crippen LogP contribution in [0.3, 0.4) is 0 Å². The Kier molecular flexibility index (Phi) is 2.77. The molecular formula is C14H15N3O. The average molecular weight is 241 g/mol. The first kappa shape index (κ1) is 11.2. The van der Waals surface area contributed by atoms with Gasteiger partial charge >= 0.3 is 0 Å². The minimum atomic E-state index is 0.0916. The third kappa shape index (κ3) is 1.87. The molecule has 0 radical (unpaired) electrons.